The maximum absolute atomic E-state index is 11.1. The number of nitrogens with one attached hydrogen (secondary N) is 2. The number of imide groups is 1. The van der Waals surface area contributed by atoms with Crippen LogP contribution >= 0.6 is 0 Å². The molecule has 0 aliphatic carbocycles. The van der Waals surface area contributed by atoms with E-state index in [1.54, 1.807) is 0 Å². The Morgan fingerprint density at radius 1 is 1.29 bits per heavy atom. The van der Waals surface area contributed by atoms with Crippen molar-refractivity contribution in [2.75, 3.05) is 26.2 Å². The minimum absolute atomic E-state index is 0.181. The van der Waals surface area contributed by atoms with E-state index in [2.05, 4.69) is 10.6 Å². The van der Waals surface area contributed by atoms with E-state index in [1.807, 2.05) is 4.90 Å². The van der Waals surface area contributed by atoms with Crippen molar-refractivity contribution in [3.63, 3.8) is 0 Å². The van der Waals surface area contributed by atoms with Crippen LogP contribution in [0.4, 0.5) is 0 Å². The summed E-state index contributed by atoms with van der Waals surface area (Å²) in [6, 6.07) is 0.452. The molecule has 78 valence electrons. The van der Waals surface area contributed by atoms with Gasteiger partial charge in [-0.2, -0.15) is 0 Å². The molecule has 0 aromatic heterocycles. The van der Waals surface area contributed by atoms with Crippen LogP contribution in [-0.2, 0) is 9.59 Å². The number of carbonyl (C=O) groups is 2. The molecule has 1 atom stereocenters. The number of nitrogens with zero attached hydrogens (tertiary/aromatic N) is 1. The predicted octanol–water partition coefficient (Wildman–Crippen LogP) is -1.30. The van der Waals surface area contributed by atoms with E-state index < -0.39 is 0 Å². The van der Waals surface area contributed by atoms with Crippen molar-refractivity contribution in [3.05, 3.63) is 0 Å². The van der Waals surface area contributed by atoms with Crippen LogP contribution in [0.1, 0.15) is 12.8 Å². The first kappa shape index (κ1) is 9.61. The van der Waals surface area contributed by atoms with Crippen LogP contribution in [0.15, 0.2) is 0 Å². The molecule has 2 fully saturated rings. The van der Waals surface area contributed by atoms with E-state index in [0.29, 0.717) is 19.1 Å². The Bertz CT molecular complexity index is 232. The van der Waals surface area contributed by atoms with Gasteiger partial charge in [0, 0.05) is 12.6 Å². The molecule has 2 N–H and O–H groups in total. The lowest BCUT2D eigenvalue weighted by Crippen LogP contribution is -2.53. The average Bonchev–Trinajstić information content (AvgIpc) is 2.54. The second-order valence-electron chi connectivity index (χ2n) is 3.93. The fourth-order valence-corrected chi connectivity index (χ4v) is 2.05. The zero-order valence-electron chi connectivity index (χ0n) is 8.08. The highest BCUT2D eigenvalue weighted by Crippen LogP contribution is 2.07. The molecule has 2 amide bonds. The van der Waals surface area contributed by atoms with Crippen LogP contribution in [0, 0.1) is 0 Å². The quantitative estimate of drug-likeness (QED) is 0.540. The number of hydrogen-bond donors (Lipinski definition) is 2. The topological polar surface area (TPSA) is 61.4 Å². The van der Waals surface area contributed by atoms with Gasteiger partial charge in [-0.1, -0.05) is 0 Å². The van der Waals surface area contributed by atoms with E-state index in [1.165, 1.54) is 6.42 Å². The summed E-state index contributed by atoms with van der Waals surface area (Å²) in [7, 11) is 0. The first-order chi connectivity index (χ1) is 6.74. The lowest BCUT2D eigenvalue weighted by molar-refractivity contribution is -0.136. The van der Waals surface area contributed by atoms with Gasteiger partial charge in [0.15, 0.2) is 0 Å². The smallest absolute Gasteiger partial charge is 0.240 e. The van der Waals surface area contributed by atoms with E-state index in [9.17, 15) is 9.59 Å². The molecule has 0 spiro atoms. The van der Waals surface area contributed by atoms with Crippen molar-refractivity contribution < 1.29 is 9.59 Å². The van der Waals surface area contributed by atoms with Crippen molar-refractivity contribution in [1.29, 1.82) is 0 Å². The van der Waals surface area contributed by atoms with Gasteiger partial charge >= 0.3 is 0 Å². The highest BCUT2D eigenvalue weighted by molar-refractivity contribution is 5.99. The number of hydrogen-bond acceptors (Lipinski definition) is 4. The standard InChI is InChI=1S/C9H15N3O2/c13-8-5-12(6-9(14)11-8)4-7-2-1-3-10-7/h7,10H,1-6H2,(H,11,13,14). The van der Waals surface area contributed by atoms with Gasteiger partial charge in [0.05, 0.1) is 13.1 Å². The molecule has 5 nitrogen and oxygen atoms in total. The van der Waals surface area contributed by atoms with Crippen molar-refractivity contribution in [2.24, 2.45) is 0 Å². The summed E-state index contributed by atoms with van der Waals surface area (Å²) >= 11 is 0. The second-order valence-corrected chi connectivity index (χ2v) is 3.93. The minimum Gasteiger partial charge on any atom is -0.313 e. The average molecular weight is 197 g/mol. The molecular formula is C9H15N3O2. The Labute approximate surface area is 82.8 Å². The van der Waals surface area contributed by atoms with Crippen LogP contribution in [0.25, 0.3) is 0 Å². The fraction of sp³-hybridized carbons (Fsp3) is 0.778. The molecule has 0 aromatic rings. The molecule has 0 saturated carbocycles. The maximum Gasteiger partial charge on any atom is 0.240 e. The Balaban J connectivity index is 1.84. The molecule has 0 bridgehead atoms. The van der Waals surface area contributed by atoms with Crippen LogP contribution in [0.3, 0.4) is 0 Å². The molecular weight excluding hydrogens is 182 g/mol. The van der Waals surface area contributed by atoms with Crippen molar-refractivity contribution in [2.45, 2.75) is 18.9 Å². The summed E-state index contributed by atoms with van der Waals surface area (Å²) in [5.41, 5.74) is 0. The molecule has 0 radical (unpaired) electrons. The number of piperazine rings is 1. The van der Waals surface area contributed by atoms with E-state index in [-0.39, 0.29) is 11.8 Å². The molecule has 5 heteroatoms. The summed E-state index contributed by atoms with van der Waals surface area (Å²) in [6.07, 6.45) is 2.34. The van der Waals surface area contributed by atoms with Gasteiger partial charge in [0.1, 0.15) is 0 Å². The molecule has 2 aliphatic heterocycles. The second kappa shape index (κ2) is 4.06. The van der Waals surface area contributed by atoms with Gasteiger partial charge in [-0.15, -0.1) is 0 Å². The van der Waals surface area contributed by atoms with Crippen LogP contribution in [0.5, 0.6) is 0 Å². The number of amides is 2. The number of rotatable bonds is 2. The Hall–Kier alpha value is -0.940. The highest BCUT2D eigenvalue weighted by Gasteiger charge is 2.25. The molecule has 0 aromatic carbocycles. The summed E-state index contributed by atoms with van der Waals surface area (Å²) in [4.78, 5) is 24.0. The fourth-order valence-electron chi connectivity index (χ4n) is 2.05. The molecule has 2 rings (SSSR count). The Morgan fingerprint density at radius 3 is 2.57 bits per heavy atom. The third-order valence-electron chi connectivity index (χ3n) is 2.65. The summed E-state index contributed by atoms with van der Waals surface area (Å²) in [6.45, 7) is 2.56. The minimum atomic E-state index is -0.181. The zero-order chi connectivity index (χ0) is 9.97. The summed E-state index contributed by atoms with van der Waals surface area (Å²) in [5, 5.41) is 5.64. The first-order valence-electron chi connectivity index (χ1n) is 5.02. The largest absolute Gasteiger partial charge is 0.313 e. The van der Waals surface area contributed by atoms with Gasteiger partial charge < -0.3 is 5.32 Å². The van der Waals surface area contributed by atoms with E-state index >= 15 is 0 Å². The van der Waals surface area contributed by atoms with E-state index in [0.717, 1.165) is 19.5 Å². The van der Waals surface area contributed by atoms with Gasteiger partial charge in [-0.05, 0) is 19.4 Å². The maximum atomic E-state index is 11.1. The summed E-state index contributed by atoms with van der Waals surface area (Å²) < 4.78 is 0. The zero-order valence-corrected chi connectivity index (χ0v) is 8.08. The highest BCUT2D eigenvalue weighted by atomic mass is 16.2. The monoisotopic (exact) mass is 197 g/mol. The third-order valence-corrected chi connectivity index (χ3v) is 2.65. The predicted molar refractivity (Wildman–Crippen MR) is 50.6 cm³/mol. The van der Waals surface area contributed by atoms with E-state index in [4.69, 9.17) is 0 Å². The molecule has 2 heterocycles. The lowest BCUT2D eigenvalue weighted by atomic mass is 10.2. The Morgan fingerprint density at radius 2 is 2.00 bits per heavy atom. The molecule has 2 aliphatic rings. The summed E-state index contributed by atoms with van der Waals surface area (Å²) in [5.74, 6) is -0.363. The molecule has 1 unspecified atom stereocenters. The van der Waals surface area contributed by atoms with Crippen molar-refractivity contribution >= 4 is 11.8 Å². The van der Waals surface area contributed by atoms with Gasteiger partial charge in [0.25, 0.3) is 0 Å². The SMILES string of the molecule is O=C1CN(CC2CCCN2)CC(=O)N1. The van der Waals surface area contributed by atoms with Gasteiger partial charge in [-0.25, -0.2) is 0 Å². The number of carbonyl (C=O) groups excluding carboxylic acids is 2. The van der Waals surface area contributed by atoms with Crippen molar-refractivity contribution in [3.8, 4) is 0 Å². The third kappa shape index (κ3) is 2.30. The lowest BCUT2D eigenvalue weighted by Gasteiger charge is -2.27. The molecule has 2 saturated heterocycles. The van der Waals surface area contributed by atoms with Crippen LogP contribution in [0.2, 0.25) is 0 Å². The normalized spacial score (nSPS) is 29.3. The van der Waals surface area contributed by atoms with Crippen LogP contribution < -0.4 is 10.6 Å². The van der Waals surface area contributed by atoms with Gasteiger partial charge in [-0.3, -0.25) is 19.8 Å². The van der Waals surface area contributed by atoms with Crippen LogP contribution in [-0.4, -0.2) is 48.9 Å². The van der Waals surface area contributed by atoms with Crippen molar-refractivity contribution in [1.82, 2.24) is 15.5 Å². The first-order valence-corrected chi connectivity index (χ1v) is 5.02. The Kier molecular flexibility index (Phi) is 2.79. The van der Waals surface area contributed by atoms with Gasteiger partial charge in [0.2, 0.25) is 11.8 Å². The molecule has 14 heavy (non-hydrogen) atoms.